The molecule has 0 bridgehead atoms. The van der Waals surface area contributed by atoms with Crippen LogP contribution in [-0.2, 0) is 9.84 Å². The van der Waals surface area contributed by atoms with Crippen LogP contribution in [0.1, 0.15) is 22.8 Å². The average molecular weight is 333 g/mol. The first kappa shape index (κ1) is 14.9. The number of halogens is 1. The monoisotopic (exact) mass is 332 g/mol. The number of sulfone groups is 1. The normalized spacial score (nSPS) is 13.1. The Hall–Kier alpha value is -1.14. The first-order chi connectivity index (χ1) is 8.21. The minimum absolute atomic E-state index is 0.0154. The Morgan fingerprint density at radius 2 is 2.06 bits per heavy atom. The van der Waals surface area contributed by atoms with E-state index in [9.17, 15) is 13.2 Å². The predicted molar refractivity (Wildman–Crippen MR) is 72.7 cm³/mol. The number of aromatic carboxylic acids is 1. The summed E-state index contributed by atoms with van der Waals surface area (Å²) in [6.45, 7) is 6.58. The standard InChI is InChI=1S/C12H13BrO4S/c1-4-7(2)18(16,17)11-6-9(12(14)15)5-10(13)8(11)3/h4-7H,1H2,2-3H3,(H,14,15). The summed E-state index contributed by atoms with van der Waals surface area (Å²) in [7, 11) is -3.61. The first-order valence-electron chi connectivity index (χ1n) is 5.11. The molecule has 0 fully saturated rings. The van der Waals surface area contributed by atoms with Gasteiger partial charge in [0, 0.05) is 4.47 Å². The Kier molecular flexibility index (Phi) is 4.34. The number of carboxylic acids is 1. The zero-order chi connectivity index (χ0) is 14.1. The average Bonchev–Trinajstić information content (AvgIpc) is 2.30. The van der Waals surface area contributed by atoms with E-state index in [4.69, 9.17) is 5.11 Å². The summed E-state index contributed by atoms with van der Waals surface area (Å²) in [5.74, 6) is -1.17. The van der Waals surface area contributed by atoms with E-state index in [2.05, 4.69) is 22.5 Å². The van der Waals surface area contributed by atoms with Crippen LogP contribution < -0.4 is 0 Å². The number of hydrogen-bond donors (Lipinski definition) is 1. The molecule has 0 radical (unpaired) electrons. The zero-order valence-electron chi connectivity index (χ0n) is 9.97. The maximum atomic E-state index is 12.2. The van der Waals surface area contributed by atoms with Crippen LogP contribution in [0.3, 0.4) is 0 Å². The lowest BCUT2D eigenvalue weighted by Crippen LogP contribution is -2.17. The van der Waals surface area contributed by atoms with Crippen molar-refractivity contribution in [2.45, 2.75) is 24.0 Å². The second-order valence-electron chi connectivity index (χ2n) is 3.87. The molecule has 6 heteroatoms. The summed E-state index contributed by atoms with van der Waals surface area (Å²) >= 11 is 3.18. The van der Waals surface area contributed by atoms with Gasteiger partial charge in [0.25, 0.3) is 0 Å². The molecule has 0 heterocycles. The fraction of sp³-hybridized carbons (Fsp3) is 0.250. The van der Waals surface area contributed by atoms with Crippen molar-refractivity contribution in [1.29, 1.82) is 0 Å². The van der Waals surface area contributed by atoms with Crippen molar-refractivity contribution in [2.24, 2.45) is 0 Å². The van der Waals surface area contributed by atoms with Gasteiger partial charge in [0.15, 0.2) is 9.84 Å². The molecule has 1 atom stereocenters. The van der Waals surface area contributed by atoms with Crippen LogP contribution >= 0.6 is 15.9 Å². The van der Waals surface area contributed by atoms with Crippen molar-refractivity contribution < 1.29 is 18.3 Å². The van der Waals surface area contributed by atoms with Gasteiger partial charge in [-0.2, -0.15) is 0 Å². The van der Waals surface area contributed by atoms with Gasteiger partial charge in [-0.05, 0) is 31.5 Å². The first-order valence-corrected chi connectivity index (χ1v) is 7.45. The minimum Gasteiger partial charge on any atom is -0.478 e. The zero-order valence-corrected chi connectivity index (χ0v) is 12.4. The molecule has 0 saturated carbocycles. The quantitative estimate of drug-likeness (QED) is 0.860. The Morgan fingerprint density at radius 3 is 2.50 bits per heavy atom. The lowest BCUT2D eigenvalue weighted by molar-refractivity contribution is 0.0696. The Morgan fingerprint density at radius 1 is 1.50 bits per heavy atom. The van der Waals surface area contributed by atoms with Crippen molar-refractivity contribution in [1.82, 2.24) is 0 Å². The molecule has 0 aliphatic heterocycles. The SMILES string of the molecule is C=CC(C)S(=O)(=O)c1cc(C(=O)O)cc(Br)c1C. The molecule has 1 aromatic rings. The molecule has 1 aromatic carbocycles. The van der Waals surface area contributed by atoms with Crippen molar-refractivity contribution in [2.75, 3.05) is 0 Å². The molecule has 0 aromatic heterocycles. The van der Waals surface area contributed by atoms with Gasteiger partial charge in [0.2, 0.25) is 0 Å². The van der Waals surface area contributed by atoms with Gasteiger partial charge in [-0.1, -0.05) is 22.0 Å². The van der Waals surface area contributed by atoms with Crippen molar-refractivity contribution >= 4 is 31.7 Å². The Bertz CT molecular complexity index is 605. The summed E-state index contributed by atoms with van der Waals surface area (Å²) in [5, 5.41) is 8.18. The van der Waals surface area contributed by atoms with Crippen LogP contribution in [0.5, 0.6) is 0 Å². The van der Waals surface area contributed by atoms with Gasteiger partial charge in [-0.25, -0.2) is 13.2 Å². The predicted octanol–water partition coefficient (Wildman–Crippen LogP) is 2.80. The van der Waals surface area contributed by atoms with E-state index >= 15 is 0 Å². The van der Waals surface area contributed by atoms with Gasteiger partial charge in [0.05, 0.1) is 15.7 Å². The van der Waals surface area contributed by atoms with Crippen molar-refractivity contribution in [3.8, 4) is 0 Å². The lowest BCUT2D eigenvalue weighted by atomic mass is 10.1. The second kappa shape index (κ2) is 5.24. The topological polar surface area (TPSA) is 71.4 Å². The van der Waals surface area contributed by atoms with Gasteiger partial charge in [-0.15, -0.1) is 6.58 Å². The summed E-state index contributed by atoms with van der Waals surface area (Å²) in [5.41, 5.74) is 0.427. The fourth-order valence-electron chi connectivity index (χ4n) is 1.40. The lowest BCUT2D eigenvalue weighted by Gasteiger charge is -2.13. The Balaban J connectivity index is 3.59. The molecule has 0 aliphatic rings. The molecule has 4 nitrogen and oxygen atoms in total. The molecule has 1 unspecified atom stereocenters. The molecule has 1 N–H and O–H groups in total. The van der Waals surface area contributed by atoms with Crippen LogP contribution in [-0.4, -0.2) is 24.7 Å². The van der Waals surface area contributed by atoms with Gasteiger partial charge < -0.3 is 5.11 Å². The third-order valence-electron chi connectivity index (χ3n) is 2.67. The highest BCUT2D eigenvalue weighted by atomic mass is 79.9. The summed E-state index contributed by atoms with van der Waals surface area (Å²) in [6.07, 6.45) is 1.32. The molecule has 0 amide bonds. The van der Waals surface area contributed by atoms with Crippen LogP contribution in [0, 0.1) is 6.92 Å². The highest BCUT2D eigenvalue weighted by molar-refractivity contribution is 9.10. The summed E-state index contributed by atoms with van der Waals surface area (Å²) < 4.78 is 24.9. The van der Waals surface area contributed by atoms with E-state index in [0.717, 1.165) is 0 Å². The molecular weight excluding hydrogens is 320 g/mol. The number of hydrogen-bond acceptors (Lipinski definition) is 3. The fourth-order valence-corrected chi connectivity index (χ4v) is 3.47. The number of carboxylic acid groups (broad SMARTS) is 1. The molecule has 18 heavy (non-hydrogen) atoms. The smallest absolute Gasteiger partial charge is 0.335 e. The summed E-state index contributed by atoms with van der Waals surface area (Å²) in [6, 6.07) is 2.56. The van der Waals surface area contributed by atoms with E-state index < -0.39 is 21.1 Å². The maximum Gasteiger partial charge on any atom is 0.335 e. The number of benzene rings is 1. The molecule has 98 valence electrons. The van der Waals surface area contributed by atoms with E-state index in [1.807, 2.05) is 0 Å². The van der Waals surface area contributed by atoms with Crippen LogP contribution in [0.25, 0.3) is 0 Å². The van der Waals surface area contributed by atoms with Gasteiger partial charge in [-0.3, -0.25) is 0 Å². The van der Waals surface area contributed by atoms with E-state index in [1.165, 1.54) is 25.1 Å². The van der Waals surface area contributed by atoms with Gasteiger partial charge >= 0.3 is 5.97 Å². The molecule has 1 rings (SSSR count). The van der Waals surface area contributed by atoms with E-state index in [-0.39, 0.29) is 10.5 Å². The molecule has 0 spiro atoms. The van der Waals surface area contributed by atoms with Gasteiger partial charge in [0.1, 0.15) is 0 Å². The number of carbonyl (C=O) groups is 1. The van der Waals surface area contributed by atoms with Crippen molar-refractivity contribution in [3.63, 3.8) is 0 Å². The van der Waals surface area contributed by atoms with Crippen molar-refractivity contribution in [3.05, 3.63) is 40.4 Å². The highest BCUT2D eigenvalue weighted by Crippen LogP contribution is 2.28. The maximum absolute atomic E-state index is 12.2. The van der Waals surface area contributed by atoms with Crippen LogP contribution in [0.2, 0.25) is 0 Å². The van der Waals surface area contributed by atoms with Crippen LogP contribution in [0.4, 0.5) is 0 Å². The second-order valence-corrected chi connectivity index (χ2v) is 7.00. The minimum atomic E-state index is -3.61. The largest absolute Gasteiger partial charge is 0.478 e. The van der Waals surface area contributed by atoms with E-state index in [0.29, 0.717) is 10.0 Å². The third-order valence-corrected chi connectivity index (χ3v) is 5.70. The third kappa shape index (κ3) is 2.64. The molecule has 0 aliphatic carbocycles. The van der Waals surface area contributed by atoms with E-state index in [1.54, 1.807) is 6.92 Å². The Labute approximate surface area is 114 Å². The number of rotatable bonds is 4. The van der Waals surface area contributed by atoms with Crippen LogP contribution in [0.15, 0.2) is 34.2 Å². The highest BCUT2D eigenvalue weighted by Gasteiger charge is 2.25. The summed E-state index contributed by atoms with van der Waals surface area (Å²) in [4.78, 5) is 11.0. The molecule has 0 saturated heterocycles. The molecular formula is C12H13BrO4S.